The van der Waals surface area contributed by atoms with Crippen molar-refractivity contribution in [2.45, 2.75) is 19.8 Å². The van der Waals surface area contributed by atoms with Crippen molar-refractivity contribution in [1.82, 2.24) is 15.2 Å². The molecule has 2 heterocycles. The molecule has 2 rings (SSSR count). The van der Waals surface area contributed by atoms with Crippen LogP contribution in [0.15, 0.2) is 5.38 Å². The Morgan fingerprint density at radius 2 is 2.53 bits per heavy atom. The minimum Gasteiger partial charge on any atom is -0.338 e. The second-order valence-corrected chi connectivity index (χ2v) is 4.74. The summed E-state index contributed by atoms with van der Waals surface area (Å²) in [4.78, 5) is 17.7. The Balaban J connectivity index is 1.84. The van der Waals surface area contributed by atoms with Gasteiger partial charge in [-0.15, -0.1) is 11.3 Å². The van der Waals surface area contributed by atoms with Gasteiger partial charge in [0.1, 0.15) is 0 Å². The lowest BCUT2D eigenvalue weighted by Gasteiger charge is -2.27. The molecule has 1 aromatic heterocycles. The molecule has 1 fully saturated rings. The largest absolute Gasteiger partial charge is 0.338 e. The van der Waals surface area contributed by atoms with Crippen molar-refractivity contribution in [3.05, 3.63) is 16.1 Å². The van der Waals surface area contributed by atoms with E-state index in [0.717, 1.165) is 43.2 Å². The van der Waals surface area contributed by atoms with Crippen LogP contribution in [-0.2, 0) is 6.42 Å². The number of rotatable bonds is 3. The first-order chi connectivity index (χ1) is 7.25. The van der Waals surface area contributed by atoms with Crippen LogP contribution in [0, 0.1) is 6.92 Å². The van der Waals surface area contributed by atoms with Gasteiger partial charge in [0.2, 0.25) is 0 Å². The van der Waals surface area contributed by atoms with Crippen LogP contribution in [0.2, 0.25) is 0 Å². The average molecular weight is 225 g/mol. The number of aryl methyl sites for hydroxylation is 1. The van der Waals surface area contributed by atoms with E-state index in [1.165, 1.54) is 0 Å². The lowest BCUT2D eigenvalue weighted by Crippen LogP contribution is -2.47. The average Bonchev–Trinajstić information content (AvgIpc) is 2.63. The molecule has 5 heteroatoms. The first-order valence-electron chi connectivity index (χ1n) is 5.19. The molecule has 1 aliphatic rings. The smallest absolute Gasteiger partial charge is 0.317 e. The number of carbonyl (C=O) groups is 1. The first kappa shape index (κ1) is 10.4. The van der Waals surface area contributed by atoms with Crippen molar-refractivity contribution >= 4 is 17.4 Å². The van der Waals surface area contributed by atoms with Gasteiger partial charge in [-0.3, -0.25) is 0 Å². The minimum absolute atomic E-state index is 0.0631. The summed E-state index contributed by atoms with van der Waals surface area (Å²) in [5.74, 6) is 0. The normalized spacial score (nSPS) is 16.6. The quantitative estimate of drug-likeness (QED) is 0.845. The van der Waals surface area contributed by atoms with Crippen LogP contribution >= 0.6 is 11.3 Å². The molecule has 82 valence electrons. The molecule has 0 unspecified atom stereocenters. The van der Waals surface area contributed by atoms with Gasteiger partial charge in [0.15, 0.2) is 0 Å². The second-order valence-electron chi connectivity index (χ2n) is 3.68. The highest BCUT2D eigenvalue weighted by Gasteiger charge is 2.16. The van der Waals surface area contributed by atoms with E-state index in [2.05, 4.69) is 15.7 Å². The maximum atomic E-state index is 11.4. The summed E-state index contributed by atoms with van der Waals surface area (Å²) in [7, 11) is 0. The number of hydrogen-bond donors (Lipinski definition) is 1. The van der Waals surface area contributed by atoms with Crippen molar-refractivity contribution in [3.63, 3.8) is 0 Å². The van der Waals surface area contributed by atoms with Gasteiger partial charge in [-0.25, -0.2) is 9.78 Å². The number of thiazole rings is 1. The molecule has 1 N–H and O–H groups in total. The highest BCUT2D eigenvalue weighted by Crippen LogP contribution is 2.09. The Morgan fingerprint density at radius 1 is 1.67 bits per heavy atom. The lowest BCUT2D eigenvalue weighted by molar-refractivity contribution is 0.187. The fraction of sp³-hybridized carbons (Fsp3) is 0.600. The topological polar surface area (TPSA) is 45.2 Å². The van der Waals surface area contributed by atoms with E-state index in [-0.39, 0.29) is 6.03 Å². The molecule has 0 saturated carbocycles. The number of nitrogens with one attached hydrogen (secondary N) is 1. The van der Waals surface area contributed by atoms with Gasteiger partial charge < -0.3 is 10.2 Å². The Hall–Kier alpha value is -1.10. The number of nitrogens with zero attached hydrogens (tertiary/aromatic N) is 2. The van der Waals surface area contributed by atoms with Gasteiger partial charge in [0.25, 0.3) is 0 Å². The molecule has 0 bridgehead atoms. The molecule has 1 aromatic rings. The summed E-state index contributed by atoms with van der Waals surface area (Å²) in [6.07, 6.45) is 1.90. The molecular weight excluding hydrogens is 210 g/mol. The summed E-state index contributed by atoms with van der Waals surface area (Å²) < 4.78 is 0. The van der Waals surface area contributed by atoms with Crippen LogP contribution in [0.5, 0.6) is 0 Å². The van der Waals surface area contributed by atoms with Crippen LogP contribution in [0.1, 0.15) is 17.1 Å². The van der Waals surface area contributed by atoms with Crippen molar-refractivity contribution in [3.8, 4) is 0 Å². The molecule has 1 aliphatic heterocycles. The van der Waals surface area contributed by atoms with E-state index < -0.39 is 0 Å². The molecular formula is C10H15N3OS. The van der Waals surface area contributed by atoms with Crippen molar-refractivity contribution in [1.29, 1.82) is 0 Å². The predicted molar refractivity (Wildman–Crippen MR) is 60.1 cm³/mol. The van der Waals surface area contributed by atoms with Gasteiger partial charge >= 0.3 is 6.03 Å². The fourth-order valence-corrected chi connectivity index (χ4v) is 2.31. The molecule has 1 saturated heterocycles. The molecule has 0 atom stereocenters. The summed E-state index contributed by atoms with van der Waals surface area (Å²) in [5.41, 5.74) is 1.09. The Kier molecular flexibility index (Phi) is 3.20. The van der Waals surface area contributed by atoms with Crippen LogP contribution in [0.4, 0.5) is 4.79 Å². The van der Waals surface area contributed by atoms with Crippen LogP contribution in [0.3, 0.4) is 0 Å². The number of hydrogen-bond acceptors (Lipinski definition) is 3. The third kappa shape index (κ3) is 2.68. The van der Waals surface area contributed by atoms with Crippen molar-refractivity contribution in [2.24, 2.45) is 0 Å². The van der Waals surface area contributed by atoms with Crippen LogP contribution < -0.4 is 5.32 Å². The van der Waals surface area contributed by atoms with E-state index in [4.69, 9.17) is 0 Å². The third-order valence-electron chi connectivity index (χ3n) is 2.47. The van der Waals surface area contributed by atoms with Gasteiger partial charge in [0, 0.05) is 31.4 Å². The highest BCUT2D eigenvalue weighted by molar-refractivity contribution is 7.09. The summed E-state index contributed by atoms with van der Waals surface area (Å²) in [6.45, 7) is 4.46. The van der Waals surface area contributed by atoms with Crippen molar-refractivity contribution < 1.29 is 4.79 Å². The van der Waals surface area contributed by atoms with Crippen molar-refractivity contribution in [2.75, 3.05) is 19.6 Å². The van der Waals surface area contributed by atoms with Gasteiger partial charge in [-0.1, -0.05) is 0 Å². The van der Waals surface area contributed by atoms with E-state index in [9.17, 15) is 4.79 Å². The zero-order valence-corrected chi connectivity index (χ0v) is 9.64. The second kappa shape index (κ2) is 4.61. The van der Waals surface area contributed by atoms with Crippen LogP contribution in [-0.4, -0.2) is 35.5 Å². The Bertz CT molecular complexity index is 350. The molecule has 0 aliphatic carbocycles. The number of amides is 2. The van der Waals surface area contributed by atoms with Gasteiger partial charge in [0.05, 0.1) is 10.7 Å². The standard InChI is InChI=1S/C10H15N3OS/c1-8-12-9(7-15-8)3-6-13-5-2-4-11-10(13)14/h7H,2-6H2,1H3,(H,11,14). The first-order valence-corrected chi connectivity index (χ1v) is 6.07. The SMILES string of the molecule is Cc1nc(CCN2CCCNC2=O)cs1. The Morgan fingerprint density at radius 3 is 3.20 bits per heavy atom. The summed E-state index contributed by atoms with van der Waals surface area (Å²) >= 11 is 1.66. The monoisotopic (exact) mass is 225 g/mol. The summed E-state index contributed by atoms with van der Waals surface area (Å²) in [6, 6.07) is 0.0631. The number of urea groups is 1. The molecule has 15 heavy (non-hydrogen) atoms. The molecule has 4 nitrogen and oxygen atoms in total. The number of carbonyl (C=O) groups excluding carboxylic acids is 1. The maximum absolute atomic E-state index is 11.4. The maximum Gasteiger partial charge on any atom is 0.317 e. The molecule has 2 amide bonds. The van der Waals surface area contributed by atoms with Gasteiger partial charge in [-0.05, 0) is 13.3 Å². The predicted octanol–water partition coefficient (Wildman–Crippen LogP) is 1.41. The molecule has 0 radical (unpaired) electrons. The summed E-state index contributed by atoms with van der Waals surface area (Å²) in [5, 5.41) is 6.00. The zero-order chi connectivity index (χ0) is 10.7. The fourth-order valence-electron chi connectivity index (χ4n) is 1.66. The molecule has 0 spiro atoms. The van der Waals surface area contributed by atoms with E-state index >= 15 is 0 Å². The Labute approximate surface area is 93.3 Å². The van der Waals surface area contributed by atoms with Crippen LogP contribution in [0.25, 0.3) is 0 Å². The van der Waals surface area contributed by atoms with E-state index in [1.54, 1.807) is 11.3 Å². The highest BCUT2D eigenvalue weighted by atomic mass is 32.1. The minimum atomic E-state index is 0.0631. The third-order valence-corrected chi connectivity index (χ3v) is 3.30. The van der Waals surface area contributed by atoms with E-state index in [1.807, 2.05) is 11.8 Å². The lowest BCUT2D eigenvalue weighted by atomic mass is 10.2. The van der Waals surface area contributed by atoms with E-state index in [0.29, 0.717) is 0 Å². The number of aromatic nitrogens is 1. The zero-order valence-electron chi connectivity index (χ0n) is 8.82. The van der Waals surface area contributed by atoms with Gasteiger partial charge in [-0.2, -0.15) is 0 Å². The molecule has 0 aromatic carbocycles.